The average molecular weight is 397 g/mol. The second kappa shape index (κ2) is 9.50. The molecule has 2 unspecified atom stereocenters. The monoisotopic (exact) mass is 396 g/mol. The summed E-state index contributed by atoms with van der Waals surface area (Å²) in [5.74, 6) is 2.39. The summed E-state index contributed by atoms with van der Waals surface area (Å²) in [5, 5.41) is 3.61. The molecule has 2 aromatic rings. The maximum absolute atomic E-state index is 6.01. The quantitative estimate of drug-likeness (QED) is 0.805. The lowest BCUT2D eigenvalue weighted by Gasteiger charge is -2.36. The van der Waals surface area contributed by atoms with Crippen molar-refractivity contribution >= 4 is 11.6 Å². The SMILES string of the molecule is CC(C)C1OCCCC1Nc1cc(N2CCN(Cc3cccnc3)CC2)ncn1. The zero-order valence-electron chi connectivity index (χ0n) is 17.5. The van der Waals surface area contributed by atoms with Gasteiger partial charge in [-0.25, -0.2) is 9.97 Å². The van der Waals surface area contributed by atoms with E-state index in [1.54, 1.807) is 6.33 Å². The largest absolute Gasteiger partial charge is 0.376 e. The van der Waals surface area contributed by atoms with Crippen molar-refractivity contribution in [3.05, 3.63) is 42.5 Å². The number of piperazine rings is 1. The summed E-state index contributed by atoms with van der Waals surface area (Å²) in [6.07, 6.45) is 7.90. The number of pyridine rings is 1. The minimum atomic E-state index is 0.234. The third kappa shape index (κ3) is 5.22. The summed E-state index contributed by atoms with van der Waals surface area (Å²) in [5.41, 5.74) is 1.27. The molecule has 2 atom stereocenters. The molecule has 4 heterocycles. The van der Waals surface area contributed by atoms with Crippen LogP contribution in [-0.2, 0) is 11.3 Å². The minimum absolute atomic E-state index is 0.234. The van der Waals surface area contributed by atoms with E-state index in [1.807, 2.05) is 18.5 Å². The Hall–Kier alpha value is -2.25. The molecule has 0 spiro atoms. The highest BCUT2D eigenvalue weighted by Crippen LogP contribution is 2.25. The van der Waals surface area contributed by atoms with Crippen molar-refractivity contribution < 1.29 is 4.74 Å². The molecular weight excluding hydrogens is 364 g/mol. The lowest BCUT2D eigenvalue weighted by Crippen LogP contribution is -2.46. The van der Waals surface area contributed by atoms with E-state index in [0.717, 1.165) is 63.8 Å². The normalized spacial score (nSPS) is 23.3. The van der Waals surface area contributed by atoms with Gasteiger partial charge in [-0.1, -0.05) is 19.9 Å². The molecule has 29 heavy (non-hydrogen) atoms. The minimum Gasteiger partial charge on any atom is -0.376 e. The standard InChI is InChI=1S/C22H32N6O/c1-17(2)22-19(6-4-12-29-22)26-20-13-21(25-16-24-20)28-10-8-27(9-11-28)15-18-5-3-7-23-14-18/h3,5,7,13-14,16-17,19,22H,4,6,8-12,15H2,1-2H3,(H,24,25,26). The molecule has 2 fully saturated rings. The van der Waals surface area contributed by atoms with Gasteiger partial charge in [-0.05, 0) is 30.4 Å². The first kappa shape index (κ1) is 20.0. The highest BCUT2D eigenvalue weighted by molar-refractivity contribution is 5.49. The zero-order valence-corrected chi connectivity index (χ0v) is 17.5. The summed E-state index contributed by atoms with van der Waals surface area (Å²) in [7, 11) is 0. The first-order valence-electron chi connectivity index (χ1n) is 10.8. The third-order valence-corrected chi connectivity index (χ3v) is 5.83. The highest BCUT2D eigenvalue weighted by atomic mass is 16.5. The Morgan fingerprint density at radius 2 is 2.07 bits per heavy atom. The molecule has 0 amide bonds. The van der Waals surface area contributed by atoms with E-state index in [0.29, 0.717) is 12.0 Å². The molecule has 2 saturated heterocycles. The molecule has 0 aliphatic carbocycles. The van der Waals surface area contributed by atoms with Gasteiger partial charge < -0.3 is 15.0 Å². The fourth-order valence-corrected chi connectivity index (χ4v) is 4.29. The Morgan fingerprint density at radius 1 is 1.21 bits per heavy atom. The van der Waals surface area contributed by atoms with E-state index in [2.05, 4.69) is 56.0 Å². The molecule has 156 valence electrons. The maximum Gasteiger partial charge on any atom is 0.134 e. The van der Waals surface area contributed by atoms with Gasteiger partial charge in [0.15, 0.2) is 0 Å². The van der Waals surface area contributed by atoms with Gasteiger partial charge in [0.25, 0.3) is 0 Å². The molecule has 0 bridgehead atoms. The van der Waals surface area contributed by atoms with Crippen molar-refractivity contribution in [2.45, 2.75) is 45.4 Å². The zero-order chi connectivity index (χ0) is 20.1. The number of nitrogens with zero attached hydrogens (tertiary/aromatic N) is 5. The number of rotatable bonds is 6. The molecule has 0 aromatic carbocycles. The lowest BCUT2D eigenvalue weighted by atomic mass is 9.94. The Kier molecular flexibility index (Phi) is 6.56. The number of anilines is 2. The fourth-order valence-electron chi connectivity index (χ4n) is 4.29. The number of hydrogen-bond donors (Lipinski definition) is 1. The average Bonchev–Trinajstić information content (AvgIpc) is 2.75. The molecule has 4 rings (SSSR count). The van der Waals surface area contributed by atoms with Crippen molar-refractivity contribution in [3.63, 3.8) is 0 Å². The molecule has 2 aliphatic heterocycles. The van der Waals surface area contributed by atoms with Crippen LogP contribution in [0.3, 0.4) is 0 Å². The third-order valence-electron chi connectivity index (χ3n) is 5.83. The van der Waals surface area contributed by atoms with Crippen LogP contribution in [0.2, 0.25) is 0 Å². The van der Waals surface area contributed by atoms with Crippen LogP contribution in [0.4, 0.5) is 11.6 Å². The molecule has 2 aromatic heterocycles. The highest BCUT2D eigenvalue weighted by Gasteiger charge is 2.29. The van der Waals surface area contributed by atoms with Crippen molar-refractivity contribution in [1.82, 2.24) is 19.9 Å². The Labute approximate surface area is 173 Å². The van der Waals surface area contributed by atoms with Crippen LogP contribution in [0.1, 0.15) is 32.3 Å². The van der Waals surface area contributed by atoms with E-state index < -0.39 is 0 Å². The van der Waals surface area contributed by atoms with Gasteiger partial charge in [0, 0.05) is 57.8 Å². The number of hydrogen-bond acceptors (Lipinski definition) is 7. The Morgan fingerprint density at radius 3 is 2.83 bits per heavy atom. The van der Waals surface area contributed by atoms with E-state index >= 15 is 0 Å². The molecule has 0 saturated carbocycles. The van der Waals surface area contributed by atoms with E-state index in [-0.39, 0.29) is 6.10 Å². The Balaban J connectivity index is 1.34. The van der Waals surface area contributed by atoms with Crippen molar-refractivity contribution in [2.24, 2.45) is 5.92 Å². The van der Waals surface area contributed by atoms with Crippen molar-refractivity contribution in [2.75, 3.05) is 43.0 Å². The van der Waals surface area contributed by atoms with Crippen LogP contribution in [0.25, 0.3) is 0 Å². The molecule has 2 aliphatic rings. The molecule has 1 N–H and O–H groups in total. The Bertz CT molecular complexity index is 763. The summed E-state index contributed by atoms with van der Waals surface area (Å²) in [6, 6.07) is 6.54. The van der Waals surface area contributed by atoms with Gasteiger partial charge in [-0.2, -0.15) is 0 Å². The topological polar surface area (TPSA) is 66.4 Å². The predicted octanol–water partition coefficient (Wildman–Crippen LogP) is 2.81. The van der Waals surface area contributed by atoms with Crippen LogP contribution in [-0.4, -0.2) is 64.8 Å². The smallest absolute Gasteiger partial charge is 0.134 e. The van der Waals surface area contributed by atoms with Crippen LogP contribution in [0.15, 0.2) is 36.9 Å². The van der Waals surface area contributed by atoms with Crippen LogP contribution >= 0.6 is 0 Å². The van der Waals surface area contributed by atoms with Gasteiger partial charge >= 0.3 is 0 Å². The van der Waals surface area contributed by atoms with Gasteiger partial charge in [0.2, 0.25) is 0 Å². The predicted molar refractivity (Wildman–Crippen MR) is 115 cm³/mol. The van der Waals surface area contributed by atoms with Crippen molar-refractivity contribution in [3.8, 4) is 0 Å². The van der Waals surface area contributed by atoms with E-state index in [1.165, 1.54) is 5.56 Å². The first-order valence-corrected chi connectivity index (χ1v) is 10.8. The van der Waals surface area contributed by atoms with Gasteiger partial charge in [-0.15, -0.1) is 0 Å². The fraction of sp³-hybridized carbons (Fsp3) is 0.591. The number of aromatic nitrogens is 3. The number of nitrogens with one attached hydrogen (secondary N) is 1. The summed E-state index contributed by atoms with van der Waals surface area (Å²) >= 11 is 0. The summed E-state index contributed by atoms with van der Waals surface area (Å²) < 4.78 is 6.01. The summed E-state index contributed by atoms with van der Waals surface area (Å²) in [6.45, 7) is 10.2. The molecule has 7 nitrogen and oxygen atoms in total. The second-order valence-corrected chi connectivity index (χ2v) is 8.36. The maximum atomic E-state index is 6.01. The van der Waals surface area contributed by atoms with Gasteiger partial charge in [-0.3, -0.25) is 9.88 Å². The molecule has 0 radical (unpaired) electrons. The summed E-state index contributed by atoms with van der Waals surface area (Å²) in [4.78, 5) is 18.0. The molecule has 7 heteroatoms. The van der Waals surface area contributed by atoms with Crippen LogP contribution < -0.4 is 10.2 Å². The van der Waals surface area contributed by atoms with E-state index in [9.17, 15) is 0 Å². The van der Waals surface area contributed by atoms with Crippen LogP contribution in [0, 0.1) is 5.92 Å². The first-order chi connectivity index (χ1) is 14.2. The van der Waals surface area contributed by atoms with Crippen LogP contribution in [0.5, 0.6) is 0 Å². The number of ether oxygens (including phenoxy) is 1. The molecular formula is C22H32N6O. The van der Waals surface area contributed by atoms with Gasteiger partial charge in [0.1, 0.15) is 18.0 Å². The second-order valence-electron chi connectivity index (χ2n) is 8.36. The van der Waals surface area contributed by atoms with Gasteiger partial charge in [0.05, 0.1) is 12.1 Å². The van der Waals surface area contributed by atoms with E-state index in [4.69, 9.17) is 4.74 Å². The van der Waals surface area contributed by atoms with Crippen molar-refractivity contribution in [1.29, 1.82) is 0 Å². The lowest BCUT2D eigenvalue weighted by molar-refractivity contribution is -0.0203.